The number of carbonyl (C=O) groups excluding carboxylic acids is 3. The molecular formula is C25H34BrN3O4S. The van der Waals surface area contributed by atoms with Crippen LogP contribution in [0.15, 0.2) is 18.2 Å². The van der Waals surface area contributed by atoms with Gasteiger partial charge >= 0.3 is 0 Å². The number of likely N-dealkylation sites (tertiary alicyclic amines) is 1. The van der Waals surface area contributed by atoms with E-state index in [1.54, 1.807) is 23.7 Å². The summed E-state index contributed by atoms with van der Waals surface area (Å²) >= 11 is 5.36. The predicted octanol–water partition coefficient (Wildman–Crippen LogP) is 2.86. The minimum absolute atomic E-state index is 0.0250. The topological polar surface area (TPSA) is 98.7 Å². The number of halogens is 1. The molecule has 7 atom stereocenters. The maximum Gasteiger partial charge on any atom is 0.248 e. The number of hydrogen-bond acceptors (Lipinski definition) is 5. The highest BCUT2D eigenvalue weighted by Gasteiger charge is 2.76. The number of para-hydroxylation sites is 1. The fourth-order valence-electron chi connectivity index (χ4n) is 6.25. The number of aryl methyl sites for hydroxylation is 2. The second-order valence-electron chi connectivity index (χ2n) is 10.2. The van der Waals surface area contributed by atoms with Gasteiger partial charge in [-0.3, -0.25) is 14.4 Å². The molecule has 3 fully saturated rings. The summed E-state index contributed by atoms with van der Waals surface area (Å²) < 4.78 is -0.724. The Labute approximate surface area is 213 Å². The number of carbonyl (C=O) groups is 3. The van der Waals surface area contributed by atoms with Crippen LogP contribution in [0.3, 0.4) is 0 Å². The quantitative estimate of drug-likeness (QED) is 0.452. The lowest BCUT2D eigenvalue weighted by Crippen LogP contribution is -2.55. The molecule has 0 aromatic heterocycles. The van der Waals surface area contributed by atoms with E-state index in [9.17, 15) is 19.5 Å². The third kappa shape index (κ3) is 3.88. The minimum Gasteiger partial charge on any atom is -0.394 e. The van der Waals surface area contributed by atoms with E-state index in [0.717, 1.165) is 16.8 Å². The molecule has 34 heavy (non-hydrogen) atoms. The van der Waals surface area contributed by atoms with Crippen molar-refractivity contribution in [2.75, 3.05) is 19.0 Å². The van der Waals surface area contributed by atoms with E-state index in [-0.39, 0.29) is 40.3 Å². The molecule has 2 bridgehead atoms. The van der Waals surface area contributed by atoms with Gasteiger partial charge in [-0.25, -0.2) is 0 Å². The average Bonchev–Trinajstić information content (AvgIpc) is 3.37. The average molecular weight is 553 g/mol. The molecule has 3 heterocycles. The van der Waals surface area contributed by atoms with E-state index >= 15 is 0 Å². The zero-order valence-corrected chi connectivity index (χ0v) is 22.7. The van der Waals surface area contributed by atoms with Crippen LogP contribution >= 0.6 is 27.7 Å². The molecule has 1 aromatic carbocycles. The summed E-state index contributed by atoms with van der Waals surface area (Å²) in [4.78, 5) is 42.7. The zero-order valence-electron chi connectivity index (χ0n) is 20.3. The minimum atomic E-state index is -0.774. The van der Waals surface area contributed by atoms with Crippen LogP contribution < -0.4 is 10.6 Å². The Kier molecular flexibility index (Phi) is 7.10. The summed E-state index contributed by atoms with van der Waals surface area (Å²) in [6.45, 7) is 7.74. The largest absolute Gasteiger partial charge is 0.394 e. The highest BCUT2D eigenvalue weighted by Crippen LogP contribution is 2.68. The van der Waals surface area contributed by atoms with Crippen LogP contribution in [0.1, 0.15) is 37.8 Å². The molecule has 1 spiro atoms. The van der Waals surface area contributed by atoms with Crippen molar-refractivity contribution in [3.63, 3.8) is 0 Å². The van der Waals surface area contributed by atoms with E-state index in [2.05, 4.69) is 26.6 Å². The summed E-state index contributed by atoms with van der Waals surface area (Å²) in [6, 6.07) is 4.58. The molecular weight excluding hydrogens is 518 g/mol. The molecule has 3 aliphatic heterocycles. The monoisotopic (exact) mass is 551 g/mol. The number of benzene rings is 1. The molecule has 4 rings (SSSR count). The van der Waals surface area contributed by atoms with Crippen molar-refractivity contribution in [3.8, 4) is 0 Å². The second-order valence-corrected chi connectivity index (χ2v) is 13.0. The van der Waals surface area contributed by atoms with Crippen LogP contribution in [0.2, 0.25) is 0 Å². The summed E-state index contributed by atoms with van der Waals surface area (Å²) in [5.41, 5.74) is 2.65. The maximum atomic E-state index is 14.0. The van der Waals surface area contributed by atoms with Crippen LogP contribution in [0, 0.1) is 31.6 Å². The SMILES string of the molecule is CNC(=O)[C@H]1[C@H]2C(=O)N([C@@H](CO)CC(C)C)C(C(=O)Nc3c(C)cccc3C)C23CC(Br)[C@@H]1S3. The van der Waals surface area contributed by atoms with E-state index < -0.39 is 28.7 Å². The first-order valence-corrected chi connectivity index (χ1v) is 13.7. The Bertz CT molecular complexity index is 984. The molecule has 3 amide bonds. The summed E-state index contributed by atoms with van der Waals surface area (Å²) in [7, 11) is 1.59. The van der Waals surface area contributed by atoms with Gasteiger partial charge < -0.3 is 20.6 Å². The Morgan fingerprint density at radius 3 is 2.47 bits per heavy atom. The molecule has 1 aromatic rings. The summed E-state index contributed by atoms with van der Waals surface area (Å²) in [6.07, 6.45) is 1.20. The molecule has 3 N–H and O–H groups in total. The lowest BCUT2D eigenvalue weighted by atomic mass is 9.70. The highest BCUT2D eigenvalue weighted by atomic mass is 79.9. The van der Waals surface area contributed by atoms with Crippen molar-refractivity contribution in [1.29, 1.82) is 0 Å². The van der Waals surface area contributed by atoms with Gasteiger partial charge in [0.2, 0.25) is 17.7 Å². The van der Waals surface area contributed by atoms with Crippen molar-refractivity contribution in [1.82, 2.24) is 10.2 Å². The number of nitrogens with one attached hydrogen (secondary N) is 2. The van der Waals surface area contributed by atoms with Crippen molar-refractivity contribution >= 4 is 51.1 Å². The number of aliphatic hydroxyl groups excluding tert-OH is 1. The number of hydrogen-bond donors (Lipinski definition) is 3. The van der Waals surface area contributed by atoms with Crippen LogP contribution in [-0.4, -0.2) is 68.3 Å². The number of aliphatic hydroxyl groups is 1. The van der Waals surface area contributed by atoms with E-state index in [1.165, 1.54) is 0 Å². The van der Waals surface area contributed by atoms with Gasteiger partial charge in [-0.05, 0) is 43.7 Å². The first-order chi connectivity index (χ1) is 16.1. The van der Waals surface area contributed by atoms with E-state index in [4.69, 9.17) is 0 Å². The molecule has 0 radical (unpaired) electrons. The van der Waals surface area contributed by atoms with E-state index in [1.807, 2.05) is 45.9 Å². The molecule has 0 aliphatic carbocycles. The standard InChI is InChI=1S/C25H34BrN3O4S/c1-12(2)9-15(11-30)29-21(23(32)28-19-13(3)7-6-8-14(19)4)25-10-16(26)20(34-25)17(22(31)27-5)18(25)24(29)33/h6-8,12,15-18,20-21,30H,9-11H2,1-5H3,(H,27,31)(H,28,32)/t15-,16?,17+,18+,20+,21?,25?/m1/s1. The first-order valence-electron chi connectivity index (χ1n) is 11.9. The zero-order chi connectivity index (χ0) is 24.9. The fourth-order valence-corrected chi connectivity index (χ4v) is 9.85. The van der Waals surface area contributed by atoms with Gasteiger partial charge in [-0.1, -0.05) is 48.0 Å². The molecule has 3 saturated heterocycles. The van der Waals surface area contributed by atoms with Gasteiger partial charge in [0, 0.05) is 22.8 Å². The Hall–Kier alpha value is -1.58. The third-order valence-corrected chi connectivity index (χ3v) is 10.8. The molecule has 9 heteroatoms. The summed E-state index contributed by atoms with van der Waals surface area (Å²) in [5, 5.41) is 16.1. The molecule has 0 saturated carbocycles. The fraction of sp³-hybridized carbons (Fsp3) is 0.640. The van der Waals surface area contributed by atoms with Gasteiger partial charge in [-0.15, -0.1) is 11.8 Å². The van der Waals surface area contributed by atoms with Crippen molar-refractivity contribution in [2.24, 2.45) is 17.8 Å². The Balaban J connectivity index is 1.81. The third-order valence-electron chi connectivity index (χ3n) is 7.60. The number of amides is 3. The van der Waals surface area contributed by atoms with Gasteiger partial charge in [0.15, 0.2) is 0 Å². The van der Waals surface area contributed by atoms with Crippen molar-refractivity contribution in [3.05, 3.63) is 29.3 Å². The van der Waals surface area contributed by atoms with E-state index in [0.29, 0.717) is 12.8 Å². The van der Waals surface area contributed by atoms with Crippen molar-refractivity contribution < 1.29 is 19.5 Å². The predicted molar refractivity (Wildman–Crippen MR) is 138 cm³/mol. The van der Waals surface area contributed by atoms with Crippen molar-refractivity contribution in [2.45, 2.75) is 67.4 Å². The molecule has 3 unspecified atom stereocenters. The maximum absolute atomic E-state index is 14.0. The number of rotatable bonds is 7. The lowest BCUT2D eigenvalue weighted by molar-refractivity contribution is -0.142. The van der Waals surface area contributed by atoms with Gasteiger partial charge in [0.1, 0.15) is 6.04 Å². The summed E-state index contributed by atoms with van der Waals surface area (Å²) in [5.74, 6) is -1.48. The lowest BCUT2D eigenvalue weighted by Gasteiger charge is -2.38. The first kappa shape index (κ1) is 25.5. The number of anilines is 1. The van der Waals surface area contributed by atoms with Gasteiger partial charge in [0.05, 0.1) is 29.2 Å². The highest BCUT2D eigenvalue weighted by molar-refractivity contribution is 9.09. The number of thioether (sulfide) groups is 1. The molecule has 7 nitrogen and oxygen atoms in total. The van der Waals surface area contributed by atoms with Crippen LogP contribution in [-0.2, 0) is 14.4 Å². The number of fused-ring (bicyclic) bond motifs is 1. The van der Waals surface area contributed by atoms with Gasteiger partial charge in [-0.2, -0.15) is 0 Å². The Morgan fingerprint density at radius 1 is 1.26 bits per heavy atom. The number of nitrogens with zero attached hydrogens (tertiary/aromatic N) is 1. The molecule has 3 aliphatic rings. The Morgan fingerprint density at radius 2 is 1.91 bits per heavy atom. The van der Waals surface area contributed by atoms with Gasteiger partial charge in [0.25, 0.3) is 0 Å². The molecule has 186 valence electrons. The van der Waals surface area contributed by atoms with Crippen LogP contribution in [0.5, 0.6) is 0 Å². The van der Waals surface area contributed by atoms with Crippen LogP contribution in [0.4, 0.5) is 5.69 Å². The number of alkyl halides is 1. The van der Waals surface area contributed by atoms with Crippen LogP contribution in [0.25, 0.3) is 0 Å². The smallest absolute Gasteiger partial charge is 0.248 e. The second kappa shape index (κ2) is 9.47. The normalized spacial score (nSPS) is 32.8.